The topological polar surface area (TPSA) is 128 Å². The van der Waals surface area contributed by atoms with Crippen molar-refractivity contribution in [1.29, 1.82) is 0 Å². The smallest absolute Gasteiger partial charge is 0.425 e. The number of nitrogens with zero attached hydrogens (tertiary/aromatic N) is 1. The predicted octanol–water partition coefficient (Wildman–Crippen LogP) is 1.21. The average molecular weight is 410 g/mol. The minimum Gasteiger partial charge on any atom is -0.467 e. The first-order valence-corrected chi connectivity index (χ1v) is 9.91. The number of amides is 1. The lowest BCUT2D eigenvalue weighted by atomic mass is 10.1. The van der Waals surface area contributed by atoms with Gasteiger partial charge in [0.05, 0.1) is 13.7 Å². The minimum atomic E-state index is -4.65. The van der Waals surface area contributed by atoms with Gasteiger partial charge in [0, 0.05) is 0 Å². The van der Waals surface area contributed by atoms with Gasteiger partial charge < -0.3 is 14.2 Å². The van der Waals surface area contributed by atoms with Crippen LogP contribution < -0.4 is 4.72 Å². The van der Waals surface area contributed by atoms with Gasteiger partial charge in [0.1, 0.15) is 11.6 Å². The third kappa shape index (κ3) is 7.71. The lowest BCUT2D eigenvalue weighted by Crippen LogP contribution is -2.58. The molecule has 11 heteroatoms. The van der Waals surface area contributed by atoms with E-state index in [2.05, 4.69) is 4.74 Å². The molecule has 1 N–H and O–H groups in total. The third-order valence-electron chi connectivity index (χ3n) is 3.13. The molecule has 27 heavy (non-hydrogen) atoms. The lowest BCUT2D eigenvalue weighted by Gasteiger charge is -2.33. The van der Waals surface area contributed by atoms with Gasteiger partial charge in [-0.25, -0.2) is 9.59 Å². The molecule has 0 bridgehead atoms. The van der Waals surface area contributed by atoms with Crippen molar-refractivity contribution in [3.8, 4) is 0 Å². The van der Waals surface area contributed by atoms with Crippen LogP contribution in [0.2, 0.25) is 0 Å². The van der Waals surface area contributed by atoms with Crippen molar-refractivity contribution < 1.29 is 37.0 Å². The van der Waals surface area contributed by atoms with Gasteiger partial charge in [0.15, 0.2) is 6.04 Å². The highest BCUT2D eigenvalue weighted by molar-refractivity contribution is 7.87. The summed E-state index contributed by atoms with van der Waals surface area (Å²) in [7, 11) is -3.57. The highest BCUT2D eigenvalue weighted by Crippen LogP contribution is 2.21. The molecule has 0 radical (unpaired) electrons. The van der Waals surface area contributed by atoms with Crippen LogP contribution in [0.15, 0.2) is 0 Å². The van der Waals surface area contributed by atoms with Gasteiger partial charge in [-0.15, -0.1) is 0 Å². The van der Waals surface area contributed by atoms with Crippen LogP contribution in [0.25, 0.3) is 0 Å². The van der Waals surface area contributed by atoms with Gasteiger partial charge in [-0.05, 0) is 40.5 Å². The number of methoxy groups -OCH3 is 1. The Morgan fingerprint density at radius 2 is 1.59 bits per heavy atom. The highest BCUT2D eigenvalue weighted by Gasteiger charge is 2.44. The van der Waals surface area contributed by atoms with Crippen LogP contribution in [-0.4, -0.2) is 62.2 Å². The van der Waals surface area contributed by atoms with Crippen molar-refractivity contribution in [3.63, 3.8) is 0 Å². The maximum atomic E-state index is 12.8. The minimum absolute atomic E-state index is 0.0530. The zero-order valence-corrected chi connectivity index (χ0v) is 17.9. The van der Waals surface area contributed by atoms with Gasteiger partial charge >= 0.3 is 28.2 Å². The van der Waals surface area contributed by atoms with Crippen molar-refractivity contribution in [2.24, 2.45) is 5.92 Å². The van der Waals surface area contributed by atoms with Gasteiger partial charge in [-0.1, -0.05) is 13.8 Å². The van der Waals surface area contributed by atoms with E-state index in [9.17, 15) is 22.8 Å². The van der Waals surface area contributed by atoms with Gasteiger partial charge in [-0.3, -0.25) is 4.79 Å². The molecule has 0 aromatic rings. The molecule has 0 spiro atoms. The molecule has 2 atom stereocenters. The number of hydrogen-bond donors (Lipinski definition) is 1. The Morgan fingerprint density at radius 1 is 1.07 bits per heavy atom. The Hall–Kier alpha value is -1.88. The maximum absolute atomic E-state index is 12.8. The van der Waals surface area contributed by atoms with E-state index >= 15 is 0 Å². The van der Waals surface area contributed by atoms with Crippen LogP contribution in [0, 0.1) is 5.92 Å². The quantitative estimate of drug-likeness (QED) is 0.467. The Labute approximate surface area is 160 Å². The van der Waals surface area contributed by atoms with Crippen molar-refractivity contribution >= 4 is 28.2 Å². The molecule has 0 rings (SSSR count). The predicted molar refractivity (Wildman–Crippen MR) is 96.9 cm³/mol. The summed E-state index contributed by atoms with van der Waals surface area (Å²) in [5.74, 6) is -2.39. The van der Waals surface area contributed by atoms with E-state index in [0.717, 1.165) is 7.11 Å². The third-order valence-corrected chi connectivity index (χ3v) is 4.67. The van der Waals surface area contributed by atoms with Gasteiger partial charge in [0.25, 0.3) is 0 Å². The molecule has 10 nitrogen and oxygen atoms in total. The highest BCUT2D eigenvalue weighted by atomic mass is 32.2. The molecule has 0 aliphatic carbocycles. The largest absolute Gasteiger partial charge is 0.467 e. The molecule has 0 heterocycles. The average Bonchev–Trinajstić information content (AvgIpc) is 2.48. The van der Waals surface area contributed by atoms with Crippen LogP contribution in [0.3, 0.4) is 0 Å². The molecule has 0 aromatic carbocycles. The Kier molecular flexibility index (Phi) is 9.19. The van der Waals surface area contributed by atoms with E-state index in [4.69, 9.17) is 9.47 Å². The first kappa shape index (κ1) is 25.1. The normalized spacial score (nSPS) is 14.3. The number of carbonyl (C=O) groups is 3. The molecule has 0 saturated carbocycles. The first-order chi connectivity index (χ1) is 12.2. The Bertz CT molecular complexity index is 639. The molecule has 0 unspecified atom stereocenters. The van der Waals surface area contributed by atoms with E-state index in [1.165, 1.54) is 6.92 Å². The second-order valence-electron chi connectivity index (χ2n) is 7.08. The molecule has 0 saturated heterocycles. The van der Waals surface area contributed by atoms with Gasteiger partial charge in [-0.2, -0.15) is 17.4 Å². The van der Waals surface area contributed by atoms with Crippen LogP contribution in [0.4, 0.5) is 4.79 Å². The summed E-state index contributed by atoms with van der Waals surface area (Å²) in [6.45, 7) is 10.6. The first-order valence-electron chi connectivity index (χ1n) is 8.47. The zero-order valence-electron chi connectivity index (χ0n) is 17.1. The molecule has 0 aliphatic rings. The van der Waals surface area contributed by atoms with Crippen LogP contribution in [-0.2, 0) is 34.0 Å². The summed E-state index contributed by atoms with van der Waals surface area (Å²) in [4.78, 5) is 36.5. The summed E-state index contributed by atoms with van der Waals surface area (Å²) >= 11 is 0. The number of hydrogen-bond acceptors (Lipinski definition) is 8. The summed E-state index contributed by atoms with van der Waals surface area (Å²) < 4.78 is 42.5. The van der Waals surface area contributed by atoms with Crippen molar-refractivity contribution in [2.45, 2.75) is 66.2 Å². The molecule has 0 aromatic heterocycles. The fourth-order valence-corrected chi connectivity index (χ4v) is 3.54. The molecular formula is C16H30N2O8S. The number of esters is 2. The van der Waals surface area contributed by atoms with Crippen molar-refractivity contribution in [2.75, 3.05) is 13.7 Å². The number of carbonyl (C=O) groups excluding carboxylic acids is 3. The summed E-state index contributed by atoms with van der Waals surface area (Å²) in [5, 5.41) is 0. The van der Waals surface area contributed by atoms with Crippen molar-refractivity contribution in [3.05, 3.63) is 0 Å². The standard InChI is InChI=1S/C16H30N2O8S/c1-9-25-13(19)11(4)17-27(22,23)18(15(21)26-16(5,6)7)12(10(2)3)14(20)24-8/h10-12,17H,9H2,1-8H3/t11-,12+/m1/s1. The zero-order chi connectivity index (χ0) is 21.6. The molecule has 0 aliphatic heterocycles. The van der Waals surface area contributed by atoms with Crippen LogP contribution >= 0.6 is 0 Å². The fraction of sp³-hybridized carbons (Fsp3) is 0.812. The maximum Gasteiger partial charge on any atom is 0.425 e. The fourth-order valence-electron chi connectivity index (χ4n) is 2.02. The lowest BCUT2D eigenvalue weighted by molar-refractivity contribution is -0.146. The summed E-state index contributed by atoms with van der Waals surface area (Å²) in [6, 6.07) is -2.78. The van der Waals surface area contributed by atoms with E-state index < -0.39 is 51.8 Å². The van der Waals surface area contributed by atoms with E-state index in [-0.39, 0.29) is 10.9 Å². The van der Waals surface area contributed by atoms with Crippen LogP contribution in [0.1, 0.15) is 48.5 Å². The second kappa shape index (κ2) is 9.88. The van der Waals surface area contributed by atoms with Crippen molar-refractivity contribution in [1.82, 2.24) is 9.03 Å². The molecule has 1 amide bonds. The van der Waals surface area contributed by atoms with E-state index in [1.807, 2.05) is 4.72 Å². The summed E-state index contributed by atoms with van der Waals surface area (Å²) in [6.07, 6.45) is -1.27. The number of nitrogens with one attached hydrogen (secondary N) is 1. The number of ether oxygens (including phenoxy) is 3. The monoisotopic (exact) mass is 410 g/mol. The Balaban J connectivity index is 6.04. The molecule has 158 valence electrons. The van der Waals surface area contributed by atoms with E-state index in [0.29, 0.717) is 0 Å². The number of rotatable bonds is 8. The molecule has 0 fully saturated rings. The van der Waals surface area contributed by atoms with Gasteiger partial charge in [0.2, 0.25) is 0 Å². The Morgan fingerprint density at radius 3 is 1.96 bits per heavy atom. The van der Waals surface area contributed by atoms with Crippen LogP contribution in [0.5, 0.6) is 0 Å². The SMILES string of the molecule is CCOC(=O)[C@@H](C)NS(=O)(=O)N(C(=O)OC(C)(C)C)[C@H](C(=O)OC)C(C)C. The second-order valence-corrected chi connectivity index (χ2v) is 8.66. The molecular weight excluding hydrogens is 380 g/mol. The summed E-state index contributed by atoms with van der Waals surface area (Å²) in [5.41, 5.74) is -1.02. The van der Waals surface area contributed by atoms with E-state index in [1.54, 1.807) is 41.5 Å².